The molecule has 4 aromatic rings. The molecule has 0 heterocycles. The van der Waals surface area contributed by atoms with Crippen molar-refractivity contribution < 1.29 is 39.9 Å². The van der Waals surface area contributed by atoms with Crippen LogP contribution in [0.25, 0.3) is 22.3 Å². The minimum atomic E-state index is -4.57. The average Bonchev–Trinajstić information content (AvgIpc) is 2.76. The van der Waals surface area contributed by atoms with E-state index in [4.69, 9.17) is 7.85 Å². The summed E-state index contributed by atoms with van der Waals surface area (Å²) in [5.41, 5.74) is -2.30. The third kappa shape index (κ3) is 4.73. The molecular weight excluding hydrogens is 479 g/mol. The summed E-state index contributed by atoms with van der Waals surface area (Å²) in [7, 11) is 5.76. The standard InChI is InChI=1S/C25H11BF8O/c26-17-4-2-1-3-15(17)12-7-19(28)23(20(29)8-12)25(33,34)35-14-5-6-16(18(27)11-14)13-9-21(30)24(32)22(31)10-13/h1-11H. The summed E-state index contributed by atoms with van der Waals surface area (Å²) >= 11 is 0. The molecule has 4 rings (SSSR count). The van der Waals surface area contributed by atoms with Crippen molar-refractivity contribution in [3.8, 4) is 28.0 Å². The van der Waals surface area contributed by atoms with E-state index >= 15 is 0 Å². The first-order chi connectivity index (χ1) is 16.5. The van der Waals surface area contributed by atoms with E-state index in [1.165, 1.54) is 12.1 Å². The molecule has 2 radical (unpaired) electrons. The highest BCUT2D eigenvalue weighted by Crippen LogP contribution is 2.38. The van der Waals surface area contributed by atoms with E-state index < -0.39 is 63.5 Å². The molecule has 35 heavy (non-hydrogen) atoms. The van der Waals surface area contributed by atoms with Gasteiger partial charge < -0.3 is 4.74 Å². The summed E-state index contributed by atoms with van der Waals surface area (Å²) in [6.07, 6.45) is -4.57. The molecule has 1 nitrogen and oxygen atoms in total. The first kappa shape index (κ1) is 24.3. The highest BCUT2D eigenvalue weighted by Gasteiger charge is 2.41. The fourth-order valence-corrected chi connectivity index (χ4v) is 3.47. The van der Waals surface area contributed by atoms with E-state index in [2.05, 4.69) is 4.74 Å². The number of benzene rings is 4. The number of halogens is 8. The quantitative estimate of drug-likeness (QED) is 0.170. The molecule has 10 heteroatoms. The Morgan fingerprint density at radius 2 is 1.14 bits per heavy atom. The molecular formula is C25H11BF8O. The Morgan fingerprint density at radius 3 is 1.71 bits per heavy atom. The van der Waals surface area contributed by atoms with E-state index in [0.29, 0.717) is 30.3 Å². The van der Waals surface area contributed by atoms with Crippen molar-refractivity contribution in [3.63, 3.8) is 0 Å². The van der Waals surface area contributed by atoms with Gasteiger partial charge in [-0.05, 0) is 53.1 Å². The molecule has 0 saturated carbocycles. The number of ether oxygens (including phenoxy) is 1. The second kappa shape index (κ2) is 9.09. The van der Waals surface area contributed by atoms with Gasteiger partial charge in [-0.1, -0.05) is 29.7 Å². The van der Waals surface area contributed by atoms with Crippen LogP contribution >= 0.6 is 0 Å². The second-order valence-electron chi connectivity index (χ2n) is 7.42. The Labute approximate surface area is 195 Å². The number of rotatable bonds is 5. The van der Waals surface area contributed by atoms with Gasteiger partial charge in [-0.15, -0.1) is 0 Å². The van der Waals surface area contributed by atoms with Crippen molar-refractivity contribution in [1.82, 2.24) is 0 Å². The van der Waals surface area contributed by atoms with Crippen LogP contribution in [-0.4, -0.2) is 7.85 Å². The third-order valence-corrected chi connectivity index (χ3v) is 5.09. The van der Waals surface area contributed by atoms with E-state index in [-0.39, 0.29) is 16.6 Å². The SMILES string of the molecule is [B]c1ccccc1-c1cc(F)c(C(F)(F)Oc2ccc(-c3cc(F)c(F)c(F)c3)c(F)c2)c(F)c1. The normalized spacial score (nSPS) is 11.5. The number of hydrogen-bond donors (Lipinski definition) is 0. The largest absolute Gasteiger partial charge is 0.432 e. The van der Waals surface area contributed by atoms with Crippen molar-refractivity contribution in [2.24, 2.45) is 0 Å². The zero-order valence-electron chi connectivity index (χ0n) is 17.4. The predicted molar refractivity (Wildman–Crippen MR) is 113 cm³/mol. The molecule has 4 aromatic carbocycles. The highest BCUT2D eigenvalue weighted by molar-refractivity contribution is 6.35. The Balaban J connectivity index is 1.65. The van der Waals surface area contributed by atoms with E-state index in [1.54, 1.807) is 12.1 Å². The molecule has 0 N–H and O–H groups in total. The summed E-state index contributed by atoms with van der Waals surface area (Å²) in [6, 6.07) is 10.4. The van der Waals surface area contributed by atoms with E-state index in [0.717, 1.165) is 12.1 Å². The summed E-state index contributed by atoms with van der Waals surface area (Å²) in [5.74, 6) is -10.3. The van der Waals surface area contributed by atoms with Gasteiger partial charge in [0, 0.05) is 11.6 Å². The van der Waals surface area contributed by atoms with E-state index in [9.17, 15) is 35.1 Å². The Hall–Kier alpha value is -3.82. The third-order valence-electron chi connectivity index (χ3n) is 5.09. The maximum atomic E-state index is 14.7. The molecule has 0 fully saturated rings. The summed E-state index contributed by atoms with van der Waals surface area (Å²) in [4.78, 5) is 0. The van der Waals surface area contributed by atoms with Gasteiger partial charge in [0.1, 0.15) is 36.6 Å². The van der Waals surface area contributed by atoms with E-state index in [1.807, 2.05) is 0 Å². The summed E-state index contributed by atoms with van der Waals surface area (Å²) in [5, 5.41) is 0. The topological polar surface area (TPSA) is 9.23 Å². The highest BCUT2D eigenvalue weighted by atomic mass is 19.3. The molecule has 0 aliphatic carbocycles. The molecule has 0 amide bonds. The number of alkyl halides is 2. The lowest BCUT2D eigenvalue weighted by Crippen LogP contribution is -2.25. The smallest absolute Gasteiger partial charge is 0.429 e. The maximum Gasteiger partial charge on any atom is 0.432 e. The first-order valence-corrected chi connectivity index (χ1v) is 9.83. The van der Waals surface area contributed by atoms with Crippen LogP contribution in [0, 0.1) is 34.9 Å². The molecule has 0 saturated heterocycles. The van der Waals surface area contributed by atoms with Gasteiger partial charge >= 0.3 is 6.11 Å². The van der Waals surface area contributed by atoms with Crippen LogP contribution in [0.2, 0.25) is 0 Å². The lowest BCUT2D eigenvalue weighted by atomic mass is 9.87. The van der Waals surface area contributed by atoms with Crippen LogP contribution < -0.4 is 10.2 Å². The van der Waals surface area contributed by atoms with Crippen LogP contribution in [0.4, 0.5) is 35.1 Å². The molecule has 0 atom stereocenters. The van der Waals surface area contributed by atoms with Gasteiger partial charge in [-0.2, -0.15) is 8.78 Å². The van der Waals surface area contributed by atoms with Crippen LogP contribution in [0.1, 0.15) is 5.56 Å². The number of hydrogen-bond acceptors (Lipinski definition) is 1. The van der Waals surface area contributed by atoms with Gasteiger partial charge in [0.15, 0.2) is 17.5 Å². The lowest BCUT2D eigenvalue weighted by Gasteiger charge is -2.20. The molecule has 0 aliphatic rings. The fraction of sp³-hybridized carbons (Fsp3) is 0.0400. The lowest BCUT2D eigenvalue weighted by molar-refractivity contribution is -0.189. The molecule has 0 aromatic heterocycles. The van der Waals surface area contributed by atoms with Crippen LogP contribution in [0.3, 0.4) is 0 Å². The summed E-state index contributed by atoms with van der Waals surface area (Å²) in [6.45, 7) is 0. The van der Waals surface area contributed by atoms with Crippen molar-refractivity contribution in [2.45, 2.75) is 6.11 Å². The molecule has 0 aliphatic heterocycles. The average molecular weight is 490 g/mol. The molecule has 0 bridgehead atoms. The van der Waals surface area contributed by atoms with Gasteiger partial charge in [-0.3, -0.25) is 0 Å². The maximum absolute atomic E-state index is 14.7. The molecule has 0 spiro atoms. The van der Waals surface area contributed by atoms with Gasteiger partial charge in [0.05, 0.1) is 0 Å². The van der Waals surface area contributed by atoms with Crippen molar-refractivity contribution in [1.29, 1.82) is 0 Å². The zero-order chi connectivity index (χ0) is 25.5. The van der Waals surface area contributed by atoms with Crippen molar-refractivity contribution in [3.05, 3.63) is 107 Å². The Kier molecular flexibility index (Phi) is 6.31. The second-order valence-corrected chi connectivity index (χ2v) is 7.42. The van der Waals surface area contributed by atoms with Crippen molar-refractivity contribution >= 4 is 13.3 Å². The van der Waals surface area contributed by atoms with Crippen LogP contribution in [0.15, 0.2) is 66.7 Å². The van der Waals surface area contributed by atoms with Gasteiger partial charge in [-0.25, -0.2) is 26.3 Å². The monoisotopic (exact) mass is 490 g/mol. The van der Waals surface area contributed by atoms with Crippen molar-refractivity contribution in [2.75, 3.05) is 0 Å². The fourth-order valence-electron chi connectivity index (χ4n) is 3.47. The molecule has 0 unspecified atom stereocenters. The predicted octanol–water partition coefficient (Wildman–Crippen LogP) is 6.78. The Bertz CT molecular complexity index is 1390. The van der Waals surface area contributed by atoms with Crippen LogP contribution in [0.5, 0.6) is 5.75 Å². The minimum Gasteiger partial charge on any atom is -0.429 e. The van der Waals surface area contributed by atoms with Crippen LogP contribution in [-0.2, 0) is 6.11 Å². The van der Waals surface area contributed by atoms with Gasteiger partial charge in [0.25, 0.3) is 0 Å². The zero-order valence-corrected chi connectivity index (χ0v) is 17.4. The molecule has 176 valence electrons. The summed E-state index contributed by atoms with van der Waals surface area (Å²) < 4.78 is 117. The Morgan fingerprint density at radius 1 is 0.600 bits per heavy atom. The first-order valence-electron chi connectivity index (χ1n) is 9.83. The minimum absolute atomic E-state index is 0.0909. The van der Waals surface area contributed by atoms with Gasteiger partial charge in [0.2, 0.25) is 0 Å².